The van der Waals surface area contributed by atoms with Gasteiger partial charge in [-0.05, 0) is 13.3 Å². The molecule has 1 aliphatic heterocycles. The highest BCUT2D eigenvalue weighted by atomic mass is 16.2. The molecule has 0 spiro atoms. The van der Waals surface area contributed by atoms with Gasteiger partial charge in [0.1, 0.15) is 6.04 Å². The first-order valence-corrected chi connectivity index (χ1v) is 4.72. The zero-order valence-electron chi connectivity index (χ0n) is 8.86. The van der Waals surface area contributed by atoms with Crippen molar-refractivity contribution < 1.29 is 9.59 Å². The van der Waals surface area contributed by atoms with E-state index in [0.29, 0.717) is 13.0 Å². The summed E-state index contributed by atoms with van der Waals surface area (Å²) in [4.78, 5) is 26.2. The Morgan fingerprint density at radius 2 is 2.29 bits per heavy atom. The SMILES string of the molecule is CC(N)C(=O)N(C)C1CCN(C)C1=O. The highest BCUT2D eigenvalue weighted by Crippen LogP contribution is 2.14. The zero-order valence-corrected chi connectivity index (χ0v) is 8.86. The van der Waals surface area contributed by atoms with Crippen LogP contribution in [0.3, 0.4) is 0 Å². The van der Waals surface area contributed by atoms with Crippen LogP contribution >= 0.6 is 0 Å². The van der Waals surface area contributed by atoms with E-state index in [1.54, 1.807) is 25.9 Å². The van der Waals surface area contributed by atoms with E-state index in [1.807, 2.05) is 0 Å². The number of carbonyl (C=O) groups is 2. The lowest BCUT2D eigenvalue weighted by molar-refractivity contribution is -0.140. The van der Waals surface area contributed by atoms with Crippen LogP contribution in [0.2, 0.25) is 0 Å². The first-order chi connectivity index (χ1) is 6.45. The monoisotopic (exact) mass is 199 g/mol. The summed E-state index contributed by atoms with van der Waals surface area (Å²) >= 11 is 0. The molecule has 0 radical (unpaired) electrons. The van der Waals surface area contributed by atoms with Gasteiger partial charge < -0.3 is 15.5 Å². The standard InChI is InChI=1S/C9H17N3O2/c1-6(10)8(13)12(3)7-4-5-11(2)9(7)14/h6-7H,4-5,10H2,1-3H3. The Labute approximate surface area is 83.8 Å². The summed E-state index contributed by atoms with van der Waals surface area (Å²) in [7, 11) is 3.37. The minimum Gasteiger partial charge on any atom is -0.344 e. The molecule has 1 saturated heterocycles. The molecule has 2 amide bonds. The van der Waals surface area contributed by atoms with E-state index >= 15 is 0 Å². The summed E-state index contributed by atoms with van der Waals surface area (Å²) in [6.45, 7) is 2.34. The van der Waals surface area contributed by atoms with Crippen molar-refractivity contribution in [1.82, 2.24) is 9.80 Å². The predicted molar refractivity (Wildman–Crippen MR) is 52.5 cm³/mol. The first kappa shape index (κ1) is 11.0. The number of likely N-dealkylation sites (tertiary alicyclic amines) is 1. The second-order valence-electron chi connectivity index (χ2n) is 3.80. The molecule has 0 bridgehead atoms. The van der Waals surface area contributed by atoms with Crippen LogP contribution in [0.4, 0.5) is 0 Å². The van der Waals surface area contributed by atoms with Crippen LogP contribution in [0, 0.1) is 0 Å². The van der Waals surface area contributed by atoms with Gasteiger partial charge in [-0.15, -0.1) is 0 Å². The Bertz CT molecular complexity index is 252. The Balaban J connectivity index is 2.66. The molecular weight excluding hydrogens is 182 g/mol. The fourth-order valence-corrected chi connectivity index (χ4v) is 1.64. The van der Waals surface area contributed by atoms with Crippen molar-refractivity contribution >= 4 is 11.8 Å². The minimum absolute atomic E-state index is 0.00139. The molecule has 0 aliphatic carbocycles. The molecule has 14 heavy (non-hydrogen) atoms. The van der Waals surface area contributed by atoms with Crippen molar-refractivity contribution in [3.05, 3.63) is 0 Å². The molecule has 2 N–H and O–H groups in total. The third-order valence-electron chi connectivity index (χ3n) is 2.60. The Morgan fingerprint density at radius 1 is 1.71 bits per heavy atom. The van der Waals surface area contributed by atoms with Crippen LogP contribution in [-0.2, 0) is 9.59 Å². The summed E-state index contributed by atoms with van der Waals surface area (Å²) < 4.78 is 0. The maximum Gasteiger partial charge on any atom is 0.245 e. The smallest absolute Gasteiger partial charge is 0.245 e. The fourth-order valence-electron chi connectivity index (χ4n) is 1.64. The highest BCUT2D eigenvalue weighted by Gasteiger charge is 2.34. The molecule has 1 rings (SSSR count). The van der Waals surface area contributed by atoms with E-state index in [-0.39, 0.29) is 17.9 Å². The van der Waals surface area contributed by atoms with Crippen LogP contribution in [0.15, 0.2) is 0 Å². The van der Waals surface area contributed by atoms with Crippen LogP contribution in [0.1, 0.15) is 13.3 Å². The molecule has 0 saturated carbocycles. The van der Waals surface area contributed by atoms with Gasteiger partial charge in [-0.2, -0.15) is 0 Å². The number of nitrogens with zero attached hydrogens (tertiary/aromatic N) is 2. The number of amides is 2. The maximum absolute atomic E-state index is 11.6. The third kappa shape index (κ3) is 1.87. The lowest BCUT2D eigenvalue weighted by atomic mass is 10.2. The van der Waals surface area contributed by atoms with Gasteiger partial charge in [0, 0.05) is 20.6 Å². The molecule has 5 heteroatoms. The second-order valence-corrected chi connectivity index (χ2v) is 3.80. The van der Waals surface area contributed by atoms with Crippen LogP contribution < -0.4 is 5.73 Å². The summed E-state index contributed by atoms with van der Waals surface area (Å²) in [5.41, 5.74) is 5.47. The molecule has 5 nitrogen and oxygen atoms in total. The molecular formula is C9H17N3O2. The van der Waals surface area contributed by atoms with Gasteiger partial charge in [0.15, 0.2) is 0 Å². The van der Waals surface area contributed by atoms with Gasteiger partial charge in [-0.1, -0.05) is 0 Å². The Morgan fingerprint density at radius 3 is 2.64 bits per heavy atom. The zero-order chi connectivity index (χ0) is 10.9. The van der Waals surface area contributed by atoms with Crippen molar-refractivity contribution in [3.8, 4) is 0 Å². The van der Waals surface area contributed by atoms with E-state index in [4.69, 9.17) is 5.73 Å². The van der Waals surface area contributed by atoms with Gasteiger partial charge in [-0.25, -0.2) is 0 Å². The molecule has 0 aromatic heterocycles. The first-order valence-electron chi connectivity index (χ1n) is 4.72. The van der Waals surface area contributed by atoms with Crippen molar-refractivity contribution in [2.24, 2.45) is 5.73 Å². The summed E-state index contributed by atoms with van der Waals surface area (Å²) in [5.74, 6) is -0.180. The predicted octanol–water partition coefficient (Wildman–Crippen LogP) is -0.977. The molecule has 2 unspecified atom stereocenters. The number of hydrogen-bond donors (Lipinski definition) is 1. The van der Waals surface area contributed by atoms with E-state index in [9.17, 15) is 9.59 Å². The van der Waals surface area contributed by atoms with Crippen molar-refractivity contribution in [1.29, 1.82) is 0 Å². The van der Waals surface area contributed by atoms with Gasteiger partial charge in [0.05, 0.1) is 6.04 Å². The lowest BCUT2D eigenvalue weighted by Crippen LogP contribution is -2.48. The van der Waals surface area contributed by atoms with E-state index in [2.05, 4.69) is 0 Å². The topological polar surface area (TPSA) is 66.6 Å². The highest BCUT2D eigenvalue weighted by molar-refractivity contribution is 5.90. The van der Waals surface area contributed by atoms with Crippen LogP contribution in [0.5, 0.6) is 0 Å². The molecule has 0 aromatic rings. The number of likely N-dealkylation sites (N-methyl/N-ethyl adjacent to an activating group) is 2. The van der Waals surface area contributed by atoms with Gasteiger partial charge in [0.25, 0.3) is 0 Å². The van der Waals surface area contributed by atoms with Crippen LogP contribution in [0.25, 0.3) is 0 Å². The molecule has 1 fully saturated rings. The molecule has 0 aromatic carbocycles. The normalized spacial score (nSPS) is 23.9. The van der Waals surface area contributed by atoms with E-state index in [1.165, 1.54) is 4.90 Å². The fraction of sp³-hybridized carbons (Fsp3) is 0.778. The number of nitrogens with two attached hydrogens (primary N) is 1. The molecule has 2 atom stereocenters. The molecule has 1 heterocycles. The lowest BCUT2D eigenvalue weighted by Gasteiger charge is -2.24. The number of hydrogen-bond acceptors (Lipinski definition) is 3. The second kappa shape index (κ2) is 3.96. The third-order valence-corrected chi connectivity index (χ3v) is 2.60. The van der Waals surface area contributed by atoms with E-state index in [0.717, 1.165) is 0 Å². The quantitative estimate of drug-likeness (QED) is 0.622. The van der Waals surface area contributed by atoms with Crippen LogP contribution in [-0.4, -0.2) is 54.3 Å². The summed E-state index contributed by atoms with van der Waals surface area (Å²) in [6, 6.07) is -0.864. The molecule has 1 aliphatic rings. The maximum atomic E-state index is 11.6. The van der Waals surface area contributed by atoms with Crippen molar-refractivity contribution in [2.45, 2.75) is 25.4 Å². The van der Waals surface area contributed by atoms with E-state index < -0.39 is 6.04 Å². The van der Waals surface area contributed by atoms with Gasteiger partial charge in [-0.3, -0.25) is 9.59 Å². The summed E-state index contributed by atoms with van der Waals surface area (Å²) in [6.07, 6.45) is 0.699. The largest absolute Gasteiger partial charge is 0.344 e. The van der Waals surface area contributed by atoms with Crippen molar-refractivity contribution in [2.75, 3.05) is 20.6 Å². The van der Waals surface area contributed by atoms with Gasteiger partial charge >= 0.3 is 0 Å². The minimum atomic E-state index is -0.543. The average molecular weight is 199 g/mol. The Kier molecular flexibility index (Phi) is 3.10. The van der Waals surface area contributed by atoms with Gasteiger partial charge in [0.2, 0.25) is 11.8 Å². The number of carbonyl (C=O) groups excluding carboxylic acids is 2. The average Bonchev–Trinajstić information content (AvgIpc) is 2.45. The number of rotatable bonds is 2. The Hall–Kier alpha value is -1.10. The molecule has 80 valence electrons. The van der Waals surface area contributed by atoms with Crippen molar-refractivity contribution in [3.63, 3.8) is 0 Å². The summed E-state index contributed by atoms with van der Waals surface area (Å²) in [5, 5.41) is 0.